The van der Waals surface area contributed by atoms with Gasteiger partial charge >= 0.3 is 0 Å². The van der Waals surface area contributed by atoms with E-state index in [1.807, 2.05) is 0 Å². The molecule has 2 saturated heterocycles. The van der Waals surface area contributed by atoms with Gasteiger partial charge in [0.1, 0.15) is 17.1 Å². The van der Waals surface area contributed by atoms with E-state index in [9.17, 15) is 19.1 Å². The van der Waals surface area contributed by atoms with Gasteiger partial charge in [0.05, 0.1) is 0 Å². The molecule has 1 N–H and O–H groups in total. The molecule has 6 heteroatoms. The van der Waals surface area contributed by atoms with E-state index >= 15 is 0 Å². The zero-order valence-corrected chi connectivity index (χ0v) is 13.4. The Morgan fingerprint density at radius 1 is 1.21 bits per heavy atom. The molecule has 1 aliphatic carbocycles. The molecule has 1 aromatic carbocycles. The number of phenolic OH excluding ortho intramolecular Hbond substituents is 1. The van der Waals surface area contributed by atoms with Crippen molar-refractivity contribution >= 4 is 11.8 Å². The molecule has 0 aromatic heterocycles. The molecule has 24 heavy (non-hydrogen) atoms. The van der Waals surface area contributed by atoms with Crippen LogP contribution in [-0.4, -0.2) is 51.9 Å². The van der Waals surface area contributed by atoms with Gasteiger partial charge in [-0.1, -0.05) is 6.07 Å². The summed E-state index contributed by atoms with van der Waals surface area (Å²) >= 11 is 0. The molecule has 0 radical (unpaired) electrons. The number of phenols is 1. The minimum Gasteiger partial charge on any atom is -0.507 e. The number of carbonyl (C=O) groups excluding carboxylic acids is 2. The van der Waals surface area contributed by atoms with Crippen LogP contribution in [0.1, 0.15) is 42.5 Å². The molecule has 0 unspecified atom stereocenters. The topological polar surface area (TPSA) is 60.9 Å². The largest absolute Gasteiger partial charge is 0.507 e. The minimum absolute atomic E-state index is 0.206. The third kappa shape index (κ3) is 2.54. The van der Waals surface area contributed by atoms with Crippen molar-refractivity contribution in [1.29, 1.82) is 0 Å². The molecule has 128 valence electrons. The number of aromatic hydroxyl groups is 1. The Morgan fingerprint density at radius 2 is 2.00 bits per heavy atom. The van der Waals surface area contributed by atoms with E-state index in [0.29, 0.717) is 25.6 Å². The molecule has 3 aliphatic rings. The highest BCUT2D eigenvalue weighted by molar-refractivity contribution is 5.97. The molecule has 2 amide bonds. The fraction of sp³-hybridized carbons (Fsp3) is 0.556. The molecule has 3 fully saturated rings. The van der Waals surface area contributed by atoms with Gasteiger partial charge in [0.2, 0.25) is 5.91 Å². The predicted molar refractivity (Wildman–Crippen MR) is 85.0 cm³/mol. The Labute approximate surface area is 140 Å². The zero-order valence-electron chi connectivity index (χ0n) is 13.4. The maximum Gasteiger partial charge on any atom is 0.260 e. The average molecular weight is 332 g/mol. The van der Waals surface area contributed by atoms with Crippen molar-refractivity contribution in [2.45, 2.75) is 44.2 Å². The van der Waals surface area contributed by atoms with Crippen LogP contribution in [0.5, 0.6) is 5.75 Å². The van der Waals surface area contributed by atoms with E-state index in [0.717, 1.165) is 25.7 Å². The lowest BCUT2D eigenvalue weighted by Crippen LogP contribution is -2.57. The fourth-order valence-electron chi connectivity index (χ4n) is 4.19. The van der Waals surface area contributed by atoms with Crippen molar-refractivity contribution in [3.63, 3.8) is 0 Å². The van der Waals surface area contributed by atoms with Crippen LogP contribution in [0.15, 0.2) is 18.2 Å². The fourth-order valence-corrected chi connectivity index (χ4v) is 4.19. The highest BCUT2D eigenvalue weighted by Gasteiger charge is 2.46. The number of hydrogen-bond acceptors (Lipinski definition) is 3. The number of piperidine rings is 2. The van der Waals surface area contributed by atoms with Gasteiger partial charge in [-0.25, -0.2) is 4.39 Å². The summed E-state index contributed by atoms with van der Waals surface area (Å²) in [6, 6.07) is 4.50. The maximum absolute atomic E-state index is 14.0. The molecular weight excluding hydrogens is 311 g/mol. The van der Waals surface area contributed by atoms with Gasteiger partial charge in [-0.05, 0) is 43.7 Å². The SMILES string of the molecule is O=C(c1c(O)cccc1F)N1CC[C@@H]2[C@H](CCC(=O)N2C2CC2)C1. The van der Waals surface area contributed by atoms with E-state index in [2.05, 4.69) is 4.90 Å². The minimum atomic E-state index is -0.694. The summed E-state index contributed by atoms with van der Waals surface area (Å²) in [6.07, 6.45) is 4.21. The molecule has 5 nitrogen and oxygen atoms in total. The van der Waals surface area contributed by atoms with Crippen molar-refractivity contribution in [2.24, 2.45) is 5.92 Å². The highest BCUT2D eigenvalue weighted by Crippen LogP contribution is 2.39. The molecule has 2 aliphatic heterocycles. The number of nitrogens with zero attached hydrogens (tertiary/aromatic N) is 2. The zero-order chi connectivity index (χ0) is 16.8. The van der Waals surface area contributed by atoms with Gasteiger partial charge in [0.15, 0.2) is 0 Å². The Hall–Kier alpha value is -2.11. The molecular formula is C18H21FN2O3. The van der Waals surface area contributed by atoms with E-state index < -0.39 is 11.7 Å². The van der Waals surface area contributed by atoms with Crippen molar-refractivity contribution in [1.82, 2.24) is 9.80 Å². The van der Waals surface area contributed by atoms with Gasteiger partial charge in [-0.15, -0.1) is 0 Å². The third-order valence-electron chi connectivity index (χ3n) is 5.50. The number of rotatable bonds is 2. The van der Waals surface area contributed by atoms with Crippen LogP contribution in [0.4, 0.5) is 4.39 Å². The van der Waals surface area contributed by atoms with Crippen LogP contribution in [0.2, 0.25) is 0 Å². The van der Waals surface area contributed by atoms with Crippen molar-refractivity contribution in [3.8, 4) is 5.75 Å². The Kier molecular flexibility index (Phi) is 3.70. The number of carbonyl (C=O) groups is 2. The number of amides is 2. The lowest BCUT2D eigenvalue weighted by molar-refractivity contribution is -0.141. The van der Waals surface area contributed by atoms with Crippen LogP contribution in [-0.2, 0) is 4.79 Å². The smallest absolute Gasteiger partial charge is 0.260 e. The van der Waals surface area contributed by atoms with Gasteiger partial charge < -0.3 is 14.9 Å². The first-order valence-electron chi connectivity index (χ1n) is 8.64. The first kappa shape index (κ1) is 15.4. The summed E-state index contributed by atoms with van der Waals surface area (Å²) in [5.74, 6) is -0.986. The number of halogens is 1. The quantitative estimate of drug-likeness (QED) is 0.903. The van der Waals surface area contributed by atoms with E-state index in [4.69, 9.17) is 0 Å². The summed E-state index contributed by atoms with van der Waals surface area (Å²) in [4.78, 5) is 28.6. The van der Waals surface area contributed by atoms with Crippen LogP contribution >= 0.6 is 0 Å². The van der Waals surface area contributed by atoms with Crippen LogP contribution in [0, 0.1) is 11.7 Å². The van der Waals surface area contributed by atoms with Gasteiger partial charge in [-0.2, -0.15) is 0 Å². The van der Waals surface area contributed by atoms with Crippen molar-refractivity contribution in [3.05, 3.63) is 29.6 Å². The van der Waals surface area contributed by atoms with E-state index in [1.165, 1.54) is 18.2 Å². The molecule has 4 rings (SSSR count). The van der Waals surface area contributed by atoms with Crippen LogP contribution in [0.3, 0.4) is 0 Å². The monoisotopic (exact) mass is 332 g/mol. The second-order valence-corrected chi connectivity index (χ2v) is 7.07. The van der Waals surface area contributed by atoms with Crippen LogP contribution < -0.4 is 0 Å². The summed E-state index contributed by atoms with van der Waals surface area (Å²) in [5.41, 5.74) is -0.248. The van der Waals surface area contributed by atoms with Gasteiger partial charge in [-0.3, -0.25) is 9.59 Å². The van der Waals surface area contributed by atoms with Crippen molar-refractivity contribution < 1.29 is 19.1 Å². The summed E-state index contributed by atoms with van der Waals surface area (Å²) in [5, 5.41) is 9.84. The lowest BCUT2D eigenvalue weighted by Gasteiger charge is -2.47. The average Bonchev–Trinajstić information content (AvgIpc) is 3.38. The van der Waals surface area contributed by atoms with Gasteiger partial charge in [0.25, 0.3) is 5.91 Å². The number of likely N-dealkylation sites (tertiary alicyclic amines) is 2. The van der Waals surface area contributed by atoms with E-state index in [-0.39, 0.29) is 29.2 Å². The Morgan fingerprint density at radius 3 is 2.71 bits per heavy atom. The van der Waals surface area contributed by atoms with E-state index in [1.54, 1.807) is 4.90 Å². The van der Waals surface area contributed by atoms with Gasteiger partial charge in [0, 0.05) is 31.6 Å². The standard InChI is InChI=1S/C18H21FN2O3/c19-13-2-1-3-15(22)17(13)18(24)20-9-8-14-11(10-20)4-7-16(23)21(14)12-5-6-12/h1-3,11-12,14,22H,4-10H2/t11-,14-/m1/s1. The molecule has 0 spiro atoms. The first-order valence-corrected chi connectivity index (χ1v) is 8.64. The summed E-state index contributed by atoms with van der Waals surface area (Å²) in [7, 11) is 0. The predicted octanol–water partition coefficient (Wildman–Crippen LogP) is 2.15. The van der Waals surface area contributed by atoms with Crippen LogP contribution in [0.25, 0.3) is 0 Å². The lowest BCUT2D eigenvalue weighted by atomic mass is 9.83. The highest BCUT2D eigenvalue weighted by atomic mass is 19.1. The summed E-state index contributed by atoms with van der Waals surface area (Å²) < 4.78 is 14.0. The number of benzene rings is 1. The molecule has 2 heterocycles. The molecule has 0 bridgehead atoms. The molecule has 2 atom stereocenters. The second-order valence-electron chi connectivity index (χ2n) is 7.07. The molecule has 1 saturated carbocycles. The van der Waals surface area contributed by atoms with Crippen molar-refractivity contribution in [2.75, 3.05) is 13.1 Å². The second kappa shape index (κ2) is 5.76. The normalized spacial score (nSPS) is 27.1. The number of fused-ring (bicyclic) bond motifs is 1. The first-order chi connectivity index (χ1) is 11.6. The Balaban J connectivity index is 1.52. The summed E-state index contributed by atoms with van der Waals surface area (Å²) in [6.45, 7) is 1.01. The maximum atomic E-state index is 14.0. The number of hydrogen-bond donors (Lipinski definition) is 1. The molecule has 1 aromatic rings. The third-order valence-corrected chi connectivity index (χ3v) is 5.50. The Bertz CT molecular complexity index is 669.